The number of amides is 3. The van der Waals surface area contributed by atoms with Crippen LogP contribution >= 0.6 is 0 Å². The van der Waals surface area contributed by atoms with Crippen LogP contribution in [0.4, 0.5) is 0 Å². The fourth-order valence-corrected chi connectivity index (χ4v) is 3.12. The smallest absolute Gasteiger partial charge is 0.255 e. The third-order valence-electron chi connectivity index (χ3n) is 4.36. The van der Waals surface area contributed by atoms with Gasteiger partial charge in [-0.25, -0.2) is 0 Å². The van der Waals surface area contributed by atoms with Crippen LogP contribution in [0.25, 0.3) is 0 Å². The van der Waals surface area contributed by atoms with Crippen LogP contribution in [0.1, 0.15) is 34.3 Å². The Bertz CT molecular complexity index is 778. The fourth-order valence-electron chi connectivity index (χ4n) is 3.12. The van der Waals surface area contributed by atoms with Crippen molar-refractivity contribution in [2.75, 3.05) is 13.1 Å². The van der Waals surface area contributed by atoms with Crippen molar-refractivity contribution in [1.82, 2.24) is 15.5 Å². The van der Waals surface area contributed by atoms with Crippen LogP contribution in [0.15, 0.2) is 18.2 Å². The molecule has 0 aliphatic carbocycles. The lowest BCUT2D eigenvalue weighted by Crippen LogP contribution is -2.52. The molecule has 1 atom stereocenters. The molecule has 1 unspecified atom stereocenters. The standard InChI is InChI=1S/C18H20N4O3/c19-7-1-2-8-20-10-12-3-4-13-11-22(18(25)14(13)9-12)15-5-6-16(23)21-17(15)24/h3-4,9,15,20H,5-8,10-11,19H2,(H,21,23,24). The Labute approximate surface area is 145 Å². The number of imide groups is 1. The molecule has 25 heavy (non-hydrogen) atoms. The molecular formula is C18H20N4O3. The summed E-state index contributed by atoms with van der Waals surface area (Å²) in [5.41, 5.74) is 7.80. The first kappa shape index (κ1) is 17.1. The number of fused-ring (bicyclic) bond motifs is 1. The van der Waals surface area contributed by atoms with Crippen LogP contribution in [0.5, 0.6) is 0 Å². The van der Waals surface area contributed by atoms with Gasteiger partial charge in [0.25, 0.3) is 5.91 Å². The predicted molar refractivity (Wildman–Crippen MR) is 91.0 cm³/mol. The van der Waals surface area contributed by atoms with Gasteiger partial charge in [-0.3, -0.25) is 19.7 Å². The Balaban J connectivity index is 1.67. The van der Waals surface area contributed by atoms with Gasteiger partial charge in [0.1, 0.15) is 6.04 Å². The van der Waals surface area contributed by atoms with E-state index < -0.39 is 11.9 Å². The molecule has 0 saturated carbocycles. The van der Waals surface area contributed by atoms with Crippen molar-refractivity contribution in [3.05, 3.63) is 34.9 Å². The maximum atomic E-state index is 12.7. The molecule has 2 heterocycles. The Kier molecular flexibility index (Phi) is 5.12. The Hall–Kier alpha value is -2.69. The number of hydrogen-bond acceptors (Lipinski definition) is 5. The SMILES string of the molecule is NCC#CCNCc1ccc2c(c1)C(=O)N(C1CCC(=O)NC1=O)C2. The molecule has 0 radical (unpaired) electrons. The van der Waals surface area contributed by atoms with E-state index in [9.17, 15) is 14.4 Å². The summed E-state index contributed by atoms with van der Waals surface area (Å²) >= 11 is 0. The van der Waals surface area contributed by atoms with E-state index in [4.69, 9.17) is 5.73 Å². The normalized spacial score (nSPS) is 19.3. The number of nitrogens with one attached hydrogen (secondary N) is 2. The van der Waals surface area contributed by atoms with Gasteiger partial charge in [-0.1, -0.05) is 24.0 Å². The third kappa shape index (κ3) is 3.71. The van der Waals surface area contributed by atoms with Crippen LogP contribution < -0.4 is 16.4 Å². The molecule has 130 valence electrons. The zero-order valence-corrected chi connectivity index (χ0v) is 13.8. The third-order valence-corrected chi connectivity index (χ3v) is 4.36. The zero-order chi connectivity index (χ0) is 17.8. The first-order valence-electron chi connectivity index (χ1n) is 8.23. The van der Waals surface area contributed by atoms with Crippen LogP contribution in [0, 0.1) is 11.8 Å². The molecule has 7 heteroatoms. The number of carbonyl (C=O) groups is 3. The number of benzene rings is 1. The fraction of sp³-hybridized carbons (Fsp3) is 0.389. The lowest BCUT2D eigenvalue weighted by Gasteiger charge is -2.29. The summed E-state index contributed by atoms with van der Waals surface area (Å²) in [5, 5.41) is 5.48. The highest BCUT2D eigenvalue weighted by atomic mass is 16.2. The van der Waals surface area contributed by atoms with Crippen LogP contribution in [-0.2, 0) is 22.7 Å². The Morgan fingerprint density at radius 1 is 1.28 bits per heavy atom. The Morgan fingerprint density at radius 2 is 2.12 bits per heavy atom. The molecule has 3 amide bonds. The molecule has 0 aromatic heterocycles. The number of rotatable bonds is 4. The lowest BCUT2D eigenvalue weighted by molar-refractivity contribution is -0.136. The molecule has 0 bridgehead atoms. The van der Waals surface area contributed by atoms with Gasteiger partial charge in [0.15, 0.2) is 0 Å². The number of nitrogens with two attached hydrogens (primary N) is 1. The number of piperidine rings is 1. The van der Waals surface area contributed by atoms with E-state index in [-0.39, 0.29) is 18.2 Å². The summed E-state index contributed by atoms with van der Waals surface area (Å²) in [6, 6.07) is 5.16. The summed E-state index contributed by atoms with van der Waals surface area (Å²) in [5.74, 6) is 4.84. The topological polar surface area (TPSA) is 105 Å². The van der Waals surface area contributed by atoms with Gasteiger partial charge in [-0.15, -0.1) is 0 Å². The Morgan fingerprint density at radius 3 is 2.88 bits per heavy atom. The summed E-state index contributed by atoms with van der Waals surface area (Å²) in [6.07, 6.45) is 0.633. The number of nitrogens with zero attached hydrogens (tertiary/aromatic N) is 1. The average Bonchev–Trinajstić information content (AvgIpc) is 2.91. The van der Waals surface area contributed by atoms with E-state index >= 15 is 0 Å². The molecule has 1 aromatic carbocycles. The number of hydrogen-bond donors (Lipinski definition) is 3. The summed E-state index contributed by atoms with van der Waals surface area (Å²) < 4.78 is 0. The molecule has 2 aliphatic heterocycles. The zero-order valence-electron chi connectivity index (χ0n) is 13.8. The minimum absolute atomic E-state index is 0.158. The van der Waals surface area contributed by atoms with Gasteiger partial charge < -0.3 is 16.0 Å². The molecular weight excluding hydrogens is 320 g/mol. The first-order chi connectivity index (χ1) is 12.1. The second-order valence-electron chi connectivity index (χ2n) is 6.05. The van der Waals surface area contributed by atoms with Crippen molar-refractivity contribution in [3.63, 3.8) is 0 Å². The van der Waals surface area contributed by atoms with Gasteiger partial charge in [-0.2, -0.15) is 0 Å². The summed E-state index contributed by atoms with van der Waals surface area (Å²) in [6.45, 7) is 1.87. The van der Waals surface area contributed by atoms with Crippen molar-refractivity contribution in [1.29, 1.82) is 0 Å². The molecule has 1 aromatic rings. The van der Waals surface area contributed by atoms with E-state index in [2.05, 4.69) is 22.5 Å². The maximum Gasteiger partial charge on any atom is 0.255 e. The van der Waals surface area contributed by atoms with Crippen LogP contribution in [0.3, 0.4) is 0 Å². The van der Waals surface area contributed by atoms with Crippen molar-refractivity contribution in [2.45, 2.75) is 32.0 Å². The van der Waals surface area contributed by atoms with Gasteiger partial charge in [0, 0.05) is 25.1 Å². The second kappa shape index (κ2) is 7.47. The van der Waals surface area contributed by atoms with Crippen molar-refractivity contribution >= 4 is 17.7 Å². The molecule has 0 spiro atoms. The van der Waals surface area contributed by atoms with Crippen molar-refractivity contribution < 1.29 is 14.4 Å². The molecule has 7 nitrogen and oxygen atoms in total. The minimum atomic E-state index is -0.578. The summed E-state index contributed by atoms with van der Waals surface area (Å²) in [4.78, 5) is 37.6. The van der Waals surface area contributed by atoms with Crippen LogP contribution in [-0.4, -0.2) is 41.8 Å². The highest BCUT2D eigenvalue weighted by Crippen LogP contribution is 2.28. The second-order valence-corrected chi connectivity index (χ2v) is 6.05. The lowest BCUT2D eigenvalue weighted by atomic mass is 10.0. The van der Waals surface area contributed by atoms with Gasteiger partial charge >= 0.3 is 0 Å². The quantitative estimate of drug-likeness (QED) is 0.389. The molecule has 2 aliphatic rings. The largest absolute Gasteiger partial charge is 0.322 e. The number of carbonyl (C=O) groups excluding carboxylic acids is 3. The average molecular weight is 340 g/mol. The molecule has 1 fully saturated rings. The van der Waals surface area contributed by atoms with Gasteiger partial charge in [-0.05, 0) is 23.6 Å². The van der Waals surface area contributed by atoms with Crippen molar-refractivity contribution in [2.24, 2.45) is 5.73 Å². The highest BCUT2D eigenvalue weighted by molar-refractivity contribution is 6.05. The van der Waals surface area contributed by atoms with E-state index in [0.29, 0.717) is 38.2 Å². The first-order valence-corrected chi connectivity index (χ1v) is 8.23. The van der Waals surface area contributed by atoms with Gasteiger partial charge in [0.05, 0.1) is 13.1 Å². The molecule has 1 saturated heterocycles. The van der Waals surface area contributed by atoms with E-state index in [1.54, 1.807) is 4.90 Å². The van der Waals surface area contributed by atoms with Gasteiger partial charge in [0.2, 0.25) is 11.8 Å². The van der Waals surface area contributed by atoms with E-state index in [1.165, 1.54) is 0 Å². The monoisotopic (exact) mass is 340 g/mol. The molecule has 3 rings (SSSR count). The highest BCUT2D eigenvalue weighted by Gasteiger charge is 2.38. The predicted octanol–water partition coefficient (Wildman–Crippen LogP) is -0.501. The van der Waals surface area contributed by atoms with Crippen LogP contribution in [0.2, 0.25) is 0 Å². The summed E-state index contributed by atoms with van der Waals surface area (Å²) in [7, 11) is 0. The van der Waals surface area contributed by atoms with Crippen molar-refractivity contribution in [3.8, 4) is 11.8 Å². The van der Waals surface area contributed by atoms with E-state index in [1.807, 2.05) is 18.2 Å². The maximum absolute atomic E-state index is 12.7. The molecule has 4 N–H and O–H groups in total. The van der Waals surface area contributed by atoms with E-state index in [0.717, 1.165) is 11.1 Å². The minimum Gasteiger partial charge on any atom is -0.322 e.